The van der Waals surface area contributed by atoms with E-state index in [9.17, 15) is 8.78 Å². The lowest BCUT2D eigenvalue weighted by molar-refractivity contribution is 0.347. The van der Waals surface area contributed by atoms with Crippen LogP contribution in [0.1, 0.15) is 24.8 Å². The van der Waals surface area contributed by atoms with Crippen molar-refractivity contribution < 1.29 is 13.2 Å². The van der Waals surface area contributed by atoms with Crippen LogP contribution < -0.4 is 5.32 Å². The fourth-order valence-electron chi connectivity index (χ4n) is 2.85. The highest BCUT2D eigenvalue weighted by molar-refractivity contribution is 5.85. The molecule has 0 bridgehead atoms. The fraction of sp³-hybridized carbons (Fsp3) is 0.429. The summed E-state index contributed by atoms with van der Waals surface area (Å²) in [6.45, 7) is 3.91. The number of rotatable bonds is 1. The maximum absolute atomic E-state index is 13.6. The second-order valence-electron chi connectivity index (χ2n) is 5.00. The van der Waals surface area contributed by atoms with E-state index in [1.165, 1.54) is 18.4 Å². The molecule has 3 rings (SSSR count). The molecule has 0 unspecified atom stereocenters. The third kappa shape index (κ3) is 2.35. The number of halogens is 3. The predicted octanol–water partition coefficient (Wildman–Crippen LogP) is 3.85. The first-order chi connectivity index (χ1) is 8.68. The standard InChI is InChI=1S/C14H15F2NO.ClH/c1-8-7-17-4-2-9(8)11-6-12(15)13(16)10-3-5-18-14(10)11;/h3,5-6,8-9,17H,2,4,7H2,1H3;1H/t8-,9+;/m1./s1. The highest BCUT2D eigenvalue weighted by atomic mass is 35.5. The maximum Gasteiger partial charge on any atom is 0.169 e. The molecule has 1 N–H and O–H groups in total. The van der Waals surface area contributed by atoms with Crippen LogP contribution in [0.5, 0.6) is 0 Å². The van der Waals surface area contributed by atoms with Gasteiger partial charge in [0.1, 0.15) is 5.58 Å². The van der Waals surface area contributed by atoms with Crippen molar-refractivity contribution in [2.45, 2.75) is 19.3 Å². The zero-order chi connectivity index (χ0) is 12.7. The summed E-state index contributed by atoms with van der Waals surface area (Å²) < 4.78 is 32.6. The van der Waals surface area contributed by atoms with Gasteiger partial charge in [-0.25, -0.2) is 8.78 Å². The zero-order valence-electron chi connectivity index (χ0n) is 10.6. The van der Waals surface area contributed by atoms with Crippen LogP contribution in [0.25, 0.3) is 11.0 Å². The maximum atomic E-state index is 13.6. The molecular formula is C14H16ClF2NO. The van der Waals surface area contributed by atoms with Crippen molar-refractivity contribution in [3.8, 4) is 0 Å². The molecule has 0 saturated carbocycles. The van der Waals surface area contributed by atoms with E-state index in [1.54, 1.807) is 0 Å². The Labute approximate surface area is 116 Å². The number of benzene rings is 1. The summed E-state index contributed by atoms with van der Waals surface area (Å²) in [5.74, 6) is -0.999. The van der Waals surface area contributed by atoms with Crippen molar-refractivity contribution in [2.24, 2.45) is 5.92 Å². The molecule has 2 aromatic rings. The van der Waals surface area contributed by atoms with Crippen LogP contribution in [-0.4, -0.2) is 13.1 Å². The smallest absolute Gasteiger partial charge is 0.169 e. The SMILES string of the molecule is C[C@@H]1CNCC[C@@H]1c1cc(F)c(F)c2ccoc12.Cl. The third-order valence-corrected chi connectivity index (χ3v) is 3.84. The molecule has 2 heterocycles. The first-order valence-electron chi connectivity index (χ1n) is 6.24. The Bertz CT molecular complexity index is 584. The van der Waals surface area contributed by atoms with Gasteiger partial charge in [0.2, 0.25) is 0 Å². The van der Waals surface area contributed by atoms with Crippen LogP contribution in [-0.2, 0) is 0 Å². The number of nitrogens with one attached hydrogen (secondary N) is 1. The lowest BCUT2D eigenvalue weighted by atomic mass is 9.81. The topological polar surface area (TPSA) is 25.2 Å². The highest BCUT2D eigenvalue weighted by Gasteiger charge is 2.27. The van der Waals surface area contributed by atoms with Crippen LogP contribution >= 0.6 is 12.4 Å². The summed E-state index contributed by atoms with van der Waals surface area (Å²) >= 11 is 0. The predicted molar refractivity (Wildman–Crippen MR) is 72.8 cm³/mol. The average Bonchev–Trinajstić information content (AvgIpc) is 2.84. The van der Waals surface area contributed by atoms with E-state index in [2.05, 4.69) is 12.2 Å². The first-order valence-corrected chi connectivity index (χ1v) is 6.24. The van der Waals surface area contributed by atoms with Gasteiger partial charge in [-0.3, -0.25) is 0 Å². The molecule has 19 heavy (non-hydrogen) atoms. The monoisotopic (exact) mass is 287 g/mol. The van der Waals surface area contributed by atoms with E-state index >= 15 is 0 Å². The van der Waals surface area contributed by atoms with E-state index in [1.807, 2.05) is 0 Å². The molecule has 1 aromatic carbocycles. The van der Waals surface area contributed by atoms with Crippen molar-refractivity contribution >= 4 is 23.4 Å². The quantitative estimate of drug-likeness (QED) is 0.862. The van der Waals surface area contributed by atoms with Crippen LogP contribution in [0.2, 0.25) is 0 Å². The number of hydrogen-bond donors (Lipinski definition) is 1. The summed E-state index contributed by atoms with van der Waals surface area (Å²) in [4.78, 5) is 0. The second-order valence-corrected chi connectivity index (χ2v) is 5.00. The number of hydrogen-bond acceptors (Lipinski definition) is 2. The van der Waals surface area contributed by atoms with Gasteiger partial charge in [0.15, 0.2) is 11.6 Å². The van der Waals surface area contributed by atoms with E-state index in [4.69, 9.17) is 4.42 Å². The Morgan fingerprint density at radius 2 is 2.16 bits per heavy atom. The Hall–Kier alpha value is -1.13. The number of furan rings is 1. The largest absolute Gasteiger partial charge is 0.464 e. The van der Waals surface area contributed by atoms with Crippen LogP contribution in [0.4, 0.5) is 8.78 Å². The van der Waals surface area contributed by atoms with E-state index in [0.29, 0.717) is 11.5 Å². The molecule has 0 radical (unpaired) electrons. The Morgan fingerprint density at radius 3 is 2.89 bits per heavy atom. The minimum atomic E-state index is -0.816. The van der Waals surface area contributed by atoms with Gasteiger partial charge in [0.25, 0.3) is 0 Å². The van der Waals surface area contributed by atoms with Gasteiger partial charge >= 0.3 is 0 Å². The minimum Gasteiger partial charge on any atom is -0.464 e. The third-order valence-electron chi connectivity index (χ3n) is 3.84. The summed E-state index contributed by atoms with van der Waals surface area (Å²) in [6, 6.07) is 2.79. The Morgan fingerprint density at radius 1 is 1.37 bits per heavy atom. The van der Waals surface area contributed by atoms with Gasteiger partial charge in [-0.15, -0.1) is 12.4 Å². The Kier molecular flexibility index (Phi) is 4.11. The minimum absolute atomic E-state index is 0. The summed E-state index contributed by atoms with van der Waals surface area (Å²) in [5, 5.41) is 3.55. The summed E-state index contributed by atoms with van der Waals surface area (Å²) in [6.07, 6.45) is 2.34. The van der Waals surface area contributed by atoms with E-state index in [0.717, 1.165) is 25.1 Å². The van der Waals surface area contributed by atoms with Crippen molar-refractivity contribution in [2.75, 3.05) is 13.1 Å². The molecule has 1 aliphatic rings. The molecule has 2 nitrogen and oxygen atoms in total. The number of fused-ring (bicyclic) bond motifs is 1. The van der Waals surface area contributed by atoms with Crippen LogP contribution in [0.3, 0.4) is 0 Å². The molecular weight excluding hydrogens is 272 g/mol. The van der Waals surface area contributed by atoms with Gasteiger partial charge in [-0.1, -0.05) is 6.92 Å². The molecule has 1 fully saturated rings. The molecule has 0 aliphatic carbocycles. The summed E-state index contributed by atoms with van der Waals surface area (Å²) in [5.41, 5.74) is 1.29. The van der Waals surface area contributed by atoms with E-state index < -0.39 is 11.6 Å². The van der Waals surface area contributed by atoms with Gasteiger partial charge < -0.3 is 9.73 Å². The lowest BCUT2D eigenvalue weighted by Gasteiger charge is -2.29. The summed E-state index contributed by atoms with van der Waals surface area (Å²) in [7, 11) is 0. The molecule has 1 aromatic heterocycles. The molecule has 5 heteroatoms. The number of piperidine rings is 1. The molecule has 2 atom stereocenters. The zero-order valence-corrected chi connectivity index (χ0v) is 11.4. The van der Waals surface area contributed by atoms with Crippen molar-refractivity contribution in [1.82, 2.24) is 5.32 Å². The van der Waals surface area contributed by atoms with E-state index in [-0.39, 0.29) is 23.7 Å². The fourth-order valence-corrected chi connectivity index (χ4v) is 2.85. The van der Waals surface area contributed by atoms with Gasteiger partial charge in [0.05, 0.1) is 11.6 Å². The Balaban J connectivity index is 0.00000133. The molecule has 1 aliphatic heterocycles. The van der Waals surface area contributed by atoms with Crippen LogP contribution in [0.15, 0.2) is 22.8 Å². The lowest BCUT2D eigenvalue weighted by Crippen LogP contribution is -2.33. The molecule has 0 spiro atoms. The van der Waals surface area contributed by atoms with Gasteiger partial charge in [-0.2, -0.15) is 0 Å². The average molecular weight is 288 g/mol. The van der Waals surface area contributed by atoms with Crippen molar-refractivity contribution in [3.63, 3.8) is 0 Å². The van der Waals surface area contributed by atoms with Crippen molar-refractivity contribution in [1.29, 1.82) is 0 Å². The highest BCUT2D eigenvalue weighted by Crippen LogP contribution is 2.36. The molecule has 104 valence electrons. The second kappa shape index (κ2) is 5.47. The first kappa shape index (κ1) is 14.3. The van der Waals surface area contributed by atoms with Crippen LogP contribution in [0, 0.1) is 17.6 Å². The molecule has 1 saturated heterocycles. The molecule has 0 amide bonds. The van der Waals surface area contributed by atoms with Crippen molar-refractivity contribution in [3.05, 3.63) is 35.6 Å². The van der Waals surface area contributed by atoms with Gasteiger partial charge in [-0.05, 0) is 43.5 Å². The van der Waals surface area contributed by atoms with Gasteiger partial charge in [0, 0.05) is 5.56 Å². The normalized spacial score (nSPS) is 23.3.